The fourth-order valence-corrected chi connectivity index (χ4v) is 3.80. The molecule has 3 heterocycles. The van der Waals surface area contributed by atoms with Gasteiger partial charge in [-0.15, -0.1) is 0 Å². The zero-order chi connectivity index (χ0) is 14.8. The van der Waals surface area contributed by atoms with Crippen molar-refractivity contribution in [2.24, 2.45) is 0 Å². The first-order chi connectivity index (χ1) is 10.1. The molecule has 0 spiro atoms. The topological polar surface area (TPSA) is 50.2 Å². The molecule has 5 nitrogen and oxygen atoms in total. The molecule has 5 heteroatoms. The second-order valence-corrected chi connectivity index (χ2v) is 6.46. The van der Waals surface area contributed by atoms with Crippen molar-refractivity contribution in [3.05, 3.63) is 17.5 Å². The number of carbonyl (C=O) groups is 1. The van der Waals surface area contributed by atoms with E-state index in [1.165, 1.54) is 25.8 Å². The molecule has 0 bridgehead atoms. The van der Waals surface area contributed by atoms with Crippen LogP contribution in [0.1, 0.15) is 43.5 Å². The summed E-state index contributed by atoms with van der Waals surface area (Å²) in [6, 6.07) is 2.99. The Morgan fingerprint density at radius 1 is 1.33 bits per heavy atom. The highest BCUT2D eigenvalue weighted by molar-refractivity contribution is 5.76. The molecule has 21 heavy (non-hydrogen) atoms. The van der Waals surface area contributed by atoms with Crippen molar-refractivity contribution >= 4 is 5.91 Å². The van der Waals surface area contributed by atoms with Gasteiger partial charge in [0.2, 0.25) is 5.91 Å². The Bertz CT molecular complexity index is 510. The van der Waals surface area contributed by atoms with E-state index in [0.717, 1.165) is 24.4 Å². The fraction of sp³-hybridized carbons (Fsp3) is 0.750. The van der Waals surface area contributed by atoms with Crippen LogP contribution in [0.3, 0.4) is 0 Å². The van der Waals surface area contributed by atoms with E-state index < -0.39 is 0 Å². The Labute approximate surface area is 126 Å². The van der Waals surface area contributed by atoms with E-state index in [-0.39, 0.29) is 5.91 Å². The molecule has 116 valence electrons. The SMILES string of the molecule is Cc1cc(C)n(CCC(=O)N[C@H]2CCN3CCCC[C@H]23)n1. The van der Waals surface area contributed by atoms with Crippen molar-refractivity contribution < 1.29 is 4.79 Å². The lowest BCUT2D eigenvalue weighted by Gasteiger charge is -2.32. The van der Waals surface area contributed by atoms with Crippen LogP contribution < -0.4 is 5.32 Å². The molecule has 2 atom stereocenters. The lowest BCUT2D eigenvalue weighted by atomic mass is 9.99. The Morgan fingerprint density at radius 2 is 2.19 bits per heavy atom. The van der Waals surface area contributed by atoms with E-state index in [1.807, 2.05) is 18.5 Å². The Balaban J connectivity index is 1.49. The number of rotatable bonds is 4. The van der Waals surface area contributed by atoms with E-state index in [0.29, 0.717) is 25.0 Å². The van der Waals surface area contributed by atoms with E-state index in [2.05, 4.69) is 21.4 Å². The van der Waals surface area contributed by atoms with Crippen LogP contribution in [-0.2, 0) is 11.3 Å². The molecule has 1 amide bonds. The van der Waals surface area contributed by atoms with Gasteiger partial charge in [-0.3, -0.25) is 14.4 Å². The molecular formula is C16H26N4O. The summed E-state index contributed by atoms with van der Waals surface area (Å²) in [4.78, 5) is 14.7. The summed E-state index contributed by atoms with van der Waals surface area (Å²) in [6.07, 6.45) is 5.48. The third-order valence-corrected chi connectivity index (χ3v) is 4.86. The van der Waals surface area contributed by atoms with Gasteiger partial charge in [-0.1, -0.05) is 6.42 Å². The average molecular weight is 290 g/mol. The number of aryl methyl sites for hydroxylation is 3. The number of carbonyl (C=O) groups excluding carboxylic acids is 1. The highest BCUT2D eigenvalue weighted by Crippen LogP contribution is 2.27. The zero-order valence-corrected chi connectivity index (χ0v) is 13.1. The van der Waals surface area contributed by atoms with Crippen LogP contribution in [0.4, 0.5) is 0 Å². The van der Waals surface area contributed by atoms with Gasteiger partial charge >= 0.3 is 0 Å². The van der Waals surface area contributed by atoms with Gasteiger partial charge in [0.05, 0.1) is 5.69 Å². The van der Waals surface area contributed by atoms with E-state index >= 15 is 0 Å². The molecular weight excluding hydrogens is 264 g/mol. The first-order valence-corrected chi connectivity index (χ1v) is 8.18. The molecule has 0 radical (unpaired) electrons. The number of piperidine rings is 1. The van der Waals surface area contributed by atoms with E-state index in [1.54, 1.807) is 0 Å². The van der Waals surface area contributed by atoms with Crippen LogP contribution in [-0.4, -0.2) is 45.8 Å². The second-order valence-electron chi connectivity index (χ2n) is 6.46. The number of hydrogen-bond acceptors (Lipinski definition) is 3. The largest absolute Gasteiger partial charge is 0.352 e. The molecule has 0 aromatic carbocycles. The summed E-state index contributed by atoms with van der Waals surface area (Å²) in [5, 5.41) is 7.66. The predicted octanol–water partition coefficient (Wildman–Crippen LogP) is 1.63. The van der Waals surface area contributed by atoms with Gasteiger partial charge in [-0.25, -0.2) is 0 Å². The summed E-state index contributed by atoms with van der Waals surface area (Å²) >= 11 is 0. The van der Waals surface area contributed by atoms with Crippen LogP contribution in [0.15, 0.2) is 6.07 Å². The van der Waals surface area contributed by atoms with Crippen LogP contribution >= 0.6 is 0 Å². The maximum atomic E-state index is 12.2. The monoisotopic (exact) mass is 290 g/mol. The lowest BCUT2D eigenvalue weighted by molar-refractivity contribution is -0.122. The van der Waals surface area contributed by atoms with E-state index in [9.17, 15) is 4.79 Å². The number of fused-ring (bicyclic) bond motifs is 1. The van der Waals surface area contributed by atoms with Crippen molar-refractivity contribution in [1.29, 1.82) is 0 Å². The van der Waals surface area contributed by atoms with Crippen LogP contribution in [0, 0.1) is 13.8 Å². The maximum absolute atomic E-state index is 12.2. The zero-order valence-electron chi connectivity index (χ0n) is 13.1. The Hall–Kier alpha value is -1.36. The summed E-state index contributed by atoms with van der Waals surface area (Å²) in [5.74, 6) is 0.167. The van der Waals surface area contributed by atoms with Gasteiger partial charge in [0, 0.05) is 37.3 Å². The Kier molecular flexibility index (Phi) is 4.29. The van der Waals surface area contributed by atoms with Crippen molar-refractivity contribution in [2.75, 3.05) is 13.1 Å². The molecule has 1 aromatic heterocycles. The van der Waals surface area contributed by atoms with Gasteiger partial charge in [0.15, 0.2) is 0 Å². The van der Waals surface area contributed by atoms with Gasteiger partial charge < -0.3 is 5.32 Å². The number of amides is 1. The lowest BCUT2D eigenvalue weighted by Crippen LogP contribution is -2.46. The fourth-order valence-electron chi connectivity index (χ4n) is 3.80. The molecule has 0 saturated carbocycles. The van der Waals surface area contributed by atoms with Crippen molar-refractivity contribution in [1.82, 2.24) is 20.0 Å². The molecule has 1 N–H and O–H groups in total. The summed E-state index contributed by atoms with van der Waals surface area (Å²) in [5.41, 5.74) is 2.14. The third kappa shape index (κ3) is 3.28. The van der Waals surface area contributed by atoms with E-state index in [4.69, 9.17) is 0 Å². The van der Waals surface area contributed by atoms with Crippen molar-refractivity contribution in [3.8, 4) is 0 Å². The van der Waals surface area contributed by atoms with Crippen molar-refractivity contribution in [2.45, 2.75) is 64.6 Å². The predicted molar refractivity (Wildman–Crippen MR) is 82.1 cm³/mol. The second kappa shape index (κ2) is 6.18. The highest BCUT2D eigenvalue weighted by Gasteiger charge is 2.35. The standard InChI is InChI=1S/C16H26N4O/c1-12-11-13(2)20(18-12)10-7-16(21)17-14-6-9-19-8-4-3-5-15(14)19/h11,14-15H,3-10H2,1-2H3,(H,17,21)/t14-,15+/m0/s1. The average Bonchev–Trinajstić information content (AvgIpc) is 3.00. The smallest absolute Gasteiger partial charge is 0.222 e. The van der Waals surface area contributed by atoms with Gasteiger partial charge in [0.25, 0.3) is 0 Å². The highest BCUT2D eigenvalue weighted by atomic mass is 16.1. The molecule has 0 aliphatic carbocycles. The van der Waals surface area contributed by atoms with Gasteiger partial charge in [-0.2, -0.15) is 5.10 Å². The van der Waals surface area contributed by atoms with Crippen molar-refractivity contribution in [3.63, 3.8) is 0 Å². The van der Waals surface area contributed by atoms with Gasteiger partial charge in [0.1, 0.15) is 0 Å². The maximum Gasteiger partial charge on any atom is 0.222 e. The third-order valence-electron chi connectivity index (χ3n) is 4.86. The van der Waals surface area contributed by atoms with Crippen LogP contribution in [0.2, 0.25) is 0 Å². The normalized spacial score (nSPS) is 25.8. The summed E-state index contributed by atoms with van der Waals surface area (Å²) in [7, 11) is 0. The molecule has 2 saturated heterocycles. The van der Waals surface area contributed by atoms with Crippen LogP contribution in [0.5, 0.6) is 0 Å². The molecule has 2 fully saturated rings. The molecule has 0 unspecified atom stereocenters. The summed E-state index contributed by atoms with van der Waals surface area (Å²) < 4.78 is 1.93. The van der Waals surface area contributed by atoms with Crippen LogP contribution in [0.25, 0.3) is 0 Å². The quantitative estimate of drug-likeness (QED) is 0.917. The minimum atomic E-state index is 0.167. The number of aromatic nitrogens is 2. The summed E-state index contributed by atoms with van der Waals surface area (Å²) in [6.45, 7) is 7.05. The minimum absolute atomic E-state index is 0.167. The molecule has 2 aliphatic rings. The molecule has 2 aliphatic heterocycles. The first-order valence-electron chi connectivity index (χ1n) is 8.18. The molecule has 3 rings (SSSR count). The minimum Gasteiger partial charge on any atom is -0.352 e. The molecule has 1 aromatic rings. The number of hydrogen-bond donors (Lipinski definition) is 1. The number of nitrogens with zero attached hydrogens (tertiary/aromatic N) is 3. The number of nitrogens with one attached hydrogen (secondary N) is 1. The first kappa shape index (κ1) is 14.6. The van der Waals surface area contributed by atoms with Gasteiger partial charge in [-0.05, 0) is 45.7 Å². The Morgan fingerprint density at radius 3 is 2.95 bits per heavy atom.